The Bertz CT molecular complexity index is 1940. The molecule has 27 nitrogen and oxygen atoms in total. The number of hydrogen-bond acceptors (Lipinski definition) is 20. The van der Waals surface area contributed by atoms with Gasteiger partial charge in [-0.15, -0.1) is 0 Å². The molecule has 2 aromatic heterocycles. The first-order valence-corrected chi connectivity index (χ1v) is 22.8. The summed E-state index contributed by atoms with van der Waals surface area (Å²) < 4.78 is 62.0. The number of carboxylic acids is 1. The lowest BCUT2D eigenvalue weighted by Crippen LogP contribution is -2.46. The van der Waals surface area contributed by atoms with Gasteiger partial charge < -0.3 is 61.1 Å². The second-order valence-corrected chi connectivity index (χ2v) is 18.8. The Balaban J connectivity index is 1.44. The average Bonchev–Trinajstić information content (AvgIpc) is 3.67. The maximum Gasteiger partial charge on any atom is 0.481 e. The molecule has 31 heteroatoms. The van der Waals surface area contributed by atoms with Gasteiger partial charge in [0.1, 0.15) is 36.3 Å². The van der Waals surface area contributed by atoms with E-state index >= 15 is 0 Å². The van der Waals surface area contributed by atoms with E-state index in [0.717, 1.165) is 29.0 Å². The van der Waals surface area contributed by atoms with Crippen LogP contribution in [-0.4, -0.2) is 145 Å². The first-order valence-electron chi connectivity index (χ1n) is 17.3. The molecule has 2 aromatic rings. The van der Waals surface area contributed by atoms with E-state index in [1.54, 1.807) is 0 Å². The van der Waals surface area contributed by atoms with E-state index in [-0.39, 0.29) is 73.0 Å². The Labute approximate surface area is 338 Å². The van der Waals surface area contributed by atoms with Crippen molar-refractivity contribution in [2.45, 2.75) is 82.7 Å². The van der Waals surface area contributed by atoms with Crippen LogP contribution >= 0.6 is 35.2 Å². The number of ether oxygens (including phenoxy) is 1. The van der Waals surface area contributed by atoms with Crippen molar-refractivity contribution in [3.8, 4) is 0 Å². The molecule has 3 rings (SSSR count). The Morgan fingerprint density at radius 2 is 1.69 bits per heavy atom. The quantitative estimate of drug-likeness (QED) is 0.0406. The normalized spacial score (nSPS) is 21.6. The van der Waals surface area contributed by atoms with E-state index in [1.807, 2.05) is 0 Å². The van der Waals surface area contributed by atoms with Crippen molar-refractivity contribution < 1.29 is 95.5 Å². The van der Waals surface area contributed by atoms with Crippen LogP contribution in [0.2, 0.25) is 0 Å². The van der Waals surface area contributed by atoms with E-state index in [4.69, 9.17) is 24.6 Å². The Morgan fingerprint density at radius 3 is 2.36 bits per heavy atom. The van der Waals surface area contributed by atoms with Gasteiger partial charge in [-0.3, -0.25) is 37.3 Å². The van der Waals surface area contributed by atoms with Crippen molar-refractivity contribution in [2.24, 2.45) is 5.41 Å². The predicted molar refractivity (Wildman–Crippen MR) is 199 cm³/mol. The van der Waals surface area contributed by atoms with Gasteiger partial charge in [-0.05, 0) is 12.8 Å². The van der Waals surface area contributed by atoms with Crippen molar-refractivity contribution in [3.63, 3.8) is 0 Å². The summed E-state index contributed by atoms with van der Waals surface area (Å²) in [4.78, 5) is 98.0. The zero-order chi connectivity index (χ0) is 44.3. The van der Waals surface area contributed by atoms with Gasteiger partial charge in [0.25, 0.3) is 0 Å². The summed E-state index contributed by atoms with van der Waals surface area (Å²) in [6, 6.07) is 0. The highest BCUT2D eigenvalue weighted by atomic mass is 32.2. The number of nitrogens with zero attached hydrogens (tertiary/aromatic N) is 4. The van der Waals surface area contributed by atoms with Crippen LogP contribution in [0.15, 0.2) is 12.7 Å². The fourth-order valence-electron chi connectivity index (χ4n) is 5.14. The third-order valence-electron chi connectivity index (χ3n) is 8.10. The van der Waals surface area contributed by atoms with Crippen LogP contribution in [0.4, 0.5) is 5.82 Å². The first-order chi connectivity index (χ1) is 27.3. The number of aliphatic hydroxyl groups excluding tert-OH is 3. The standard InChI is InChI=1S/C28H46N7O20P3S/c1-28(2,23(42)26(43)31-7-6-17(37)30-8-9-59-19(40)10-15(36)4-3-5-18(38)39)12-52-58(49,50)55-57(47,48)51-11-16-22(54-56(44,45)46)21(41)27(53-16)35-14-34-20-24(29)32-13-33-25(20)35/h13-16,21-23,27,36,41-42H,3-12H2,1-2H3,(H,30,37)(H,31,43)(H,38,39)(H,47,48)(H,49,50)(H2,29,32,33)(H2,44,45,46)/t15-,16-,21-,22-,23+,27-/m1/s1. The molecule has 1 saturated heterocycles. The van der Waals surface area contributed by atoms with Crippen molar-refractivity contribution >= 4 is 75.1 Å². The van der Waals surface area contributed by atoms with Crippen LogP contribution in [0.5, 0.6) is 0 Å². The largest absolute Gasteiger partial charge is 0.481 e. The predicted octanol–water partition coefficient (Wildman–Crippen LogP) is -1.33. The van der Waals surface area contributed by atoms with Gasteiger partial charge in [-0.25, -0.2) is 28.6 Å². The summed E-state index contributed by atoms with van der Waals surface area (Å²) >= 11 is 0.862. The Hall–Kier alpha value is -3.01. The zero-order valence-corrected chi connectivity index (χ0v) is 34.8. The topological polar surface area (TPSA) is 421 Å². The number of carboxylic acid groups (broad SMARTS) is 1. The van der Waals surface area contributed by atoms with Gasteiger partial charge >= 0.3 is 29.4 Å². The SMILES string of the molecule is CC(C)(COP(=O)(O)OP(=O)(O)OC[C@H]1O[C@@H](n2cnc3c(N)ncnc32)[C@H](O)[C@@H]1OP(=O)(O)O)[C@@H](O)C(=O)NCCC(=O)NCCSC(=O)C[C@H](O)CCCC(=O)O. The minimum absolute atomic E-state index is 0.0169. The lowest BCUT2D eigenvalue weighted by atomic mass is 9.87. The number of phosphoric ester groups is 3. The number of carbonyl (C=O) groups excluding carboxylic acids is 3. The molecule has 12 N–H and O–H groups in total. The van der Waals surface area contributed by atoms with Crippen LogP contribution in [0.1, 0.15) is 52.2 Å². The molecule has 0 aliphatic carbocycles. The van der Waals surface area contributed by atoms with Crippen LogP contribution < -0.4 is 16.4 Å². The molecule has 1 fully saturated rings. The van der Waals surface area contributed by atoms with Gasteiger partial charge in [0.15, 0.2) is 22.8 Å². The van der Waals surface area contributed by atoms with Gasteiger partial charge in [0.05, 0.1) is 25.6 Å². The number of aliphatic hydroxyl groups is 3. The fraction of sp³-hybridized carbons (Fsp3) is 0.679. The van der Waals surface area contributed by atoms with Gasteiger partial charge in [0, 0.05) is 43.5 Å². The third-order valence-corrected chi connectivity index (χ3v) is 12.1. The number of imidazole rings is 1. The number of anilines is 1. The monoisotopic (exact) mass is 925 g/mol. The highest BCUT2D eigenvalue weighted by Gasteiger charge is 2.50. The highest BCUT2D eigenvalue weighted by molar-refractivity contribution is 8.13. The van der Waals surface area contributed by atoms with Gasteiger partial charge in [-0.2, -0.15) is 4.31 Å². The number of rotatable bonds is 25. The molecule has 0 bridgehead atoms. The summed E-state index contributed by atoms with van der Waals surface area (Å²) in [5.74, 6) is -2.44. The van der Waals surface area contributed by atoms with Crippen LogP contribution in [0.25, 0.3) is 11.2 Å². The van der Waals surface area contributed by atoms with E-state index < -0.39 is 96.6 Å². The van der Waals surface area contributed by atoms with Gasteiger partial charge in [0.2, 0.25) is 11.8 Å². The number of aromatic nitrogens is 4. The zero-order valence-electron chi connectivity index (χ0n) is 31.3. The second kappa shape index (κ2) is 21.7. The van der Waals surface area contributed by atoms with E-state index in [1.165, 1.54) is 13.8 Å². The number of nitrogen functional groups attached to an aromatic ring is 1. The summed E-state index contributed by atoms with van der Waals surface area (Å²) in [5.41, 5.74) is 4.19. The van der Waals surface area contributed by atoms with Crippen molar-refractivity contribution in [1.82, 2.24) is 30.2 Å². The molecule has 2 unspecified atom stereocenters. The lowest BCUT2D eigenvalue weighted by Gasteiger charge is -2.30. The maximum absolute atomic E-state index is 12.7. The number of amides is 2. The number of hydrogen-bond donors (Lipinski definition) is 11. The average molecular weight is 926 g/mol. The minimum Gasteiger partial charge on any atom is -0.481 e. The number of carbonyl (C=O) groups is 4. The number of fused-ring (bicyclic) bond motifs is 1. The maximum atomic E-state index is 12.7. The number of phosphoric acid groups is 3. The first kappa shape index (κ1) is 50.3. The molecule has 3 heterocycles. The minimum atomic E-state index is -5.60. The molecule has 59 heavy (non-hydrogen) atoms. The number of aliphatic carboxylic acids is 1. The smallest absolute Gasteiger partial charge is 0.481 e. The highest BCUT2D eigenvalue weighted by Crippen LogP contribution is 2.61. The van der Waals surface area contributed by atoms with Crippen LogP contribution in [-0.2, 0) is 55.5 Å². The number of nitrogens with one attached hydrogen (secondary N) is 2. The molecule has 2 amide bonds. The molecule has 0 spiro atoms. The van der Waals surface area contributed by atoms with Crippen molar-refractivity contribution in [2.75, 3.05) is 37.8 Å². The van der Waals surface area contributed by atoms with Gasteiger partial charge in [-0.1, -0.05) is 25.6 Å². The van der Waals surface area contributed by atoms with Crippen molar-refractivity contribution in [1.29, 1.82) is 0 Å². The number of thioether (sulfide) groups is 1. The third kappa shape index (κ3) is 16.4. The lowest BCUT2D eigenvalue weighted by molar-refractivity contribution is -0.138. The summed E-state index contributed by atoms with van der Waals surface area (Å²) in [7, 11) is -16.5. The number of nitrogens with two attached hydrogens (primary N) is 1. The molecule has 0 aromatic carbocycles. The van der Waals surface area contributed by atoms with E-state index in [9.17, 15) is 67.8 Å². The second-order valence-electron chi connectivity index (χ2n) is 13.4. The van der Waals surface area contributed by atoms with Crippen LogP contribution in [0.3, 0.4) is 0 Å². The fourth-order valence-corrected chi connectivity index (χ4v) is 8.71. The molecular weight excluding hydrogens is 879 g/mol. The summed E-state index contributed by atoms with van der Waals surface area (Å²) in [6.45, 7) is 0.176. The molecule has 0 saturated carbocycles. The Kier molecular flexibility index (Phi) is 18.5. The molecule has 8 atom stereocenters. The van der Waals surface area contributed by atoms with E-state index in [2.05, 4.69) is 34.4 Å². The summed E-state index contributed by atoms with van der Waals surface area (Å²) in [5, 5.41) is 44.3. The molecule has 334 valence electrons. The molecule has 1 aliphatic heterocycles. The van der Waals surface area contributed by atoms with Crippen LogP contribution in [0, 0.1) is 5.41 Å². The van der Waals surface area contributed by atoms with E-state index in [0.29, 0.717) is 0 Å². The summed E-state index contributed by atoms with van der Waals surface area (Å²) in [6.07, 6.45) is -8.05. The molecule has 1 aliphatic rings. The molecule has 0 radical (unpaired) electrons. The molecular formula is C28H46N7O20P3S. The Morgan fingerprint density at radius 1 is 1.02 bits per heavy atom. The van der Waals surface area contributed by atoms with Crippen molar-refractivity contribution in [3.05, 3.63) is 12.7 Å².